The third kappa shape index (κ3) is 3.86. The first kappa shape index (κ1) is 16.5. The van der Waals surface area contributed by atoms with E-state index in [1.54, 1.807) is 0 Å². The summed E-state index contributed by atoms with van der Waals surface area (Å²) in [6.45, 7) is 6.96. The van der Waals surface area contributed by atoms with Crippen LogP contribution in [0.15, 0.2) is 18.2 Å². The maximum atomic E-state index is 6.32. The Hall–Kier alpha value is -0.870. The second-order valence-corrected chi connectivity index (χ2v) is 7.01. The average Bonchev–Trinajstić information content (AvgIpc) is 2.79. The van der Waals surface area contributed by atoms with Crippen LogP contribution < -0.4 is 4.74 Å². The van der Waals surface area contributed by atoms with Gasteiger partial charge in [0.2, 0.25) is 0 Å². The number of rotatable bonds is 7. The van der Waals surface area contributed by atoms with Gasteiger partial charge in [-0.3, -0.25) is 0 Å². The lowest BCUT2D eigenvalue weighted by Gasteiger charge is -2.11. The minimum absolute atomic E-state index is 0.112. The number of imidazole rings is 1. The van der Waals surface area contributed by atoms with E-state index in [-0.39, 0.29) is 11.5 Å². The number of benzene rings is 1. The van der Waals surface area contributed by atoms with Crippen molar-refractivity contribution in [3.8, 4) is 5.75 Å². The zero-order chi connectivity index (χ0) is 15.4. The van der Waals surface area contributed by atoms with E-state index in [4.69, 9.17) is 21.3 Å². The Kier molecular flexibility index (Phi) is 5.82. The molecule has 5 heteroatoms. The molecule has 0 bridgehead atoms. The van der Waals surface area contributed by atoms with Crippen LogP contribution in [0, 0.1) is 0 Å². The highest BCUT2D eigenvalue weighted by Crippen LogP contribution is 2.31. The standard InChI is InChI=1S/C16H23ClN2OS/c1-11(2)20-14-8-5-7-13-15(14)18-16(12(3)17)19(13)9-6-10-21-4/h5,7-8,11-12H,6,9-10H2,1-4H3. The highest BCUT2D eigenvalue weighted by Gasteiger charge is 2.17. The van der Waals surface area contributed by atoms with Gasteiger partial charge in [-0.05, 0) is 51.3 Å². The van der Waals surface area contributed by atoms with Crippen molar-refractivity contribution in [1.82, 2.24) is 9.55 Å². The topological polar surface area (TPSA) is 27.1 Å². The summed E-state index contributed by atoms with van der Waals surface area (Å²) in [4.78, 5) is 4.74. The van der Waals surface area contributed by atoms with Crippen molar-refractivity contribution in [3.63, 3.8) is 0 Å². The molecule has 0 aliphatic rings. The number of para-hydroxylation sites is 1. The normalized spacial score (nSPS) is 13.0. The molecule has 0 aliphatic heterocycles. The Labute approximate surface area is 136 Å². The lowest BCUT2D eigenvalue weighted by molar-refractivity contribution is 0.245. The highest BCUT2D eigenvalue weighted by atomic mass is 35.5. The average molecular weight is 327 g/mol. The molecule has 2 rings (SSSR count). The second kappa shape index (κ2) is 7.41. The van der Waals surface area contributed by atoms with Crippen LogP contribution in [0.5, 0.6) is 5.75 Å². The summed E-state index contributed by atoms with van der Waals surface area (Å²) in [5.74, 6) is 2.90. The van der Waals surface area contributed by atoms with E-state index < -0.39 is 0 Å². The van der Waals surface area contributed by atoms with E-state index in [1.807, 2.05) is 44.7 Å². The van der Waals surface area contributed by atoms with Gasteiger partial charge in [-0.25, -0.2) is 4.98 Å². The summed E-state index contributed by atoms with van der Waals surface area (Å²) >= 11 is 8.18. The molecular weight excluding hydrogens is 304 g/mol. The Bertz CT molecular complexity index is 595. The molecule has 1 atom stereocenters. The van der Waals surface area contributed by atoms with E-state index in [9.17, 15) is 0 Å². The molecule has 1 aromatic heterocycles. The van der Waals surface area contributed by atoms with Crippen LogP contribution in [0.3, 0.4) is 0 Å². The first-order valence-corrected chi connectivity index (χ1v) is 9.16. The summed E-state index contributed by atoms with van der Waals surface area (Å²) in [6.07, 6.45) is 3.37. The highest BCUT2D eigenvalue weighted by molar-refractivity contribution is 7.98. The Morgan fingerprint density at radius 3 is 2.71 bits per heavy atom. The van der Waals surface area contributed by atoms with Gasteiger partial charge in [0, 0.05) is 6.54 Å². The summed E-state index contributed by atoms with van der Waals surface area (Å²) in [7, 11) is 0. The fourth-order valence-corrected chi connectivity index (χ4v) is 2.98. The molecule has 21 heavy (non-hydrogen) atoms. The third-order valence-corrected chi connectivity index (χ3v) is 4.11. The fraction of sp³-hybridized carbons (Fsp3) is 0.562. The number of fused-ring (bicyclic) bond motifs is 1. The number of thioether (sulfide) groups is 1. The van der Waals surface area contributed by atoms with Crippen molar-refractivity contribution in [3.05, 3.63) is 24.0 Å². The minimum atomic E-state index is -0.112. The number of hydrogen-bond donors (Lipinski definition) is 0. The van der Waals surface area contributed by atoms with Crippen LogP contribution in [0.1, 0.15) is 38.4 Å². The zero-order valence-corrected chi connectivity index (χ0v) is 14.7. The van der Waals surface area contributed by atoms with Crippen LogP contribution in [0.4, 0.5) is 0 Å². The van der Waals surface area contributed by atoms with E-state index >= 15 is 0 Å². The molecule has 0 spiro atoms. The van der Waals surface area contributed by atoms with Crippen molar-refractivity contribution < 1.29 is 4.74 Å². The number of aryl methyl sites for hydroxylation is 1. The SMILES string of the molecule is CSCCCn1c(C(C)Cl)nc2c(OC(C)C)cccc21. The molecule has 1 unspecified atom stereocenters. The van der Waals surface area contributed by atoms with Gasteiger partial charge in [-0.15, -0.1) is 11.6 Å². The maximum Gasteiger partial charge on any atom is 0.147 e. The van der Waals surface area contributed by atoms with Gasteiger partial charge in [0.15, 0.2) is 0 Å². The monoisotopic (exact) mass is 326 g/mol. The molecule has 3 nitrogen and oxygen atoms in total. The van der Waals surface area contributed by atoms with E-state index in [2.05, 4.69) is 16.9 Å². The number of aromatic nitrogens is 2. The molecule has 0 saturated carbocycles. The van der Waals surface area contributed by atoms with Gasteiger partial charge in [-0.1, -0.05) is 6.07 Å². The summed E-state index contributed by atoms with van der Waals surface area (Å²) in [5.41, 5.74) is 2.02. The number of ether oxygens (including phenoxy) is 1. The molecule has 0 aliphatic carbocycles. The fourth-order valence-electron chi connectivity index (χ4n) is 2.39. The van der Waals surface area contributed by atoms with Crippen LogP contribution in [-0.4, -0.2) is 27.7 Å². The molecule has 2 aromatic rings. The first-order valence-electron chi connectivity index (χ1n) is 7.33. The molecule has 0 fully saturated rings. The largest absolute Gasteiger partial charge is 0.489 e. The summed E-state index contributed by atoms with van der Waals surface area (Å²) in [5, 5.41) is -0.112. The van der Waals surface area contributed by atoms with Gasteiger partial charge in [0.1, 0.15) is 17.1 Å². The molecule has 0 N–H and O–H groups in total. The third-order valence-electron chi connectivity index (χ3n) is 3.22. The quantitative estimate of drug-likeness (QED) is 0.536. The smallest absolute Gasteiger partial charge is 0.147 e. The summed E-state index contributed by atoms with van der Waals surface area (Å²) in [6, 6.07) is 6.09. The van der Waals surface area contributed by atoms with Crippen molar-refractivity contribution >= 4 is 34.4 Å². The molecule has 0 amide bonds. The van der Waals surface area contributed by atoms with Gasteiger partial charge in [0.25, 0.3) is 0 Å². The Morgan fingerprint density at radius 2 is 2.10 bits per heavy atom. The van der Waals surface area contributed by atoms with Crippen molar-refractivity contribution in [2.24, 2.45) is 0 Å². The molecule has 0 saturated heterocycles. The molecular formula is C16H23ClN2OS. The Balaban J connectivity index is 2.46. The number of hydrogen-bond acceptors (Lipinski definition) is 3. The Morgan fingerprint density at radius 1 is 1.33 bits per heavy atom. The van der Waals surface area contributed by atoms with Gasteiger partial charge in [-0.2, -0.15) is 11.8 Å². The molecule has 1 heterocycles. The van der Waals surface area contributed by atoms with Crippen LogP contribution in [-0.2, 0) is 6.54 Å². The minimum Gasteiger partial charge on any atom is -0.489 e. The zero-order valence-electron chi connectivity index (χ0n) is 13.1. The number of alkyl halides is 1. The van der Waals surface area contributed by atoms with E-state index in [1.165, 1.54) is 0 Å². The predicted octanol–water partition coefficient (Wildman–Crippen LogP) is 4.88. The predicted molar refractivity (Wildman–Crippen MR) is 92.8 cm³/mol. The lowest BCUT2D eigenvalue weighted by Crippen LogP contribution is -2.06. The summed E-state index contributed by atoms with van der Waals surface area (Å²) < 4.78 is 8.11. The van der Waals surface area contributed by atoms with E-state index in [0.717, 1.165) is 41.3 Å². The van der Waals surface area contributed by atoms with Crippen molar-refractivity contribution in [2.45, 2.75) is 45.2 Å². The second-order valence-electron chi connectivity index (χ2n) is 5.37. The number of halogens is 1. The van der Waals surface area contributed by atoms with Gasteiger partial charge >= 0.3 is 0 Å². The van der Waals surface area contributed by atoms with E-state index in [0.29, 0.717) is 0 Å². The van der Waals surface area contributed by atoms with Crippen LogP contribution >= 0.6 is 23.4 Å². The van der Waals surface area contributed by atoms with Crippen LogP contribution in [0.25, 0.3) is 11.0 Å². The van der Waals surface area contributed by atoms with Crippen LogP contribution in [0.2, 0.25) is 0 Å². The maximum absolute atomic E-state index is 6.32. The van der Waals surface area contributed by atoms with Crippen molar-refractivity contribution in [1.29, 1.82) is 0 Å². The van der Waals surface area contributed by atoms with Gasteiger partial charge < -0.3 is 9.30 Å². The van der Waals surface area contributed by atoms with Gasteiger partial charge in [0.05, 0.1) is 17.0 Å². The first-order chi connectivity index (χ1) is 10.0. The molecule has 116 valence electrons. The number of nitrogens with zero attached hydrogens (tertiary/aromatic N) is 2. The molecule has 0 radical (unpaired) electrons. The lowest BCUT2D eigenvalue weighted by atomic mass is 10.3. The van der Waals surface area contributed by atoms with Crippen molar-refractivity contribution in [2.75, 3.05) is 12.0 Å². The molecule has 1 aromatic carbocycles.